The van der Waals surface area contributed by atoms with E-state index in [0.29, 0.717) is 5.02 Å². The number of nitrogens with zero attached hydrogens (tertiary/aromatic N) is 1. The number of benzene rings is 1. The van der Waals surface area contributed by atoms with Crippen LogP contribution in [-0.4, -0.2) is 46.5 Å². The third kappa shape index (κ3) is 4.45. The van der Waals surface area contributed by atoms with Crippen LogP contribution < -0.4 is 4.72 Å². The van der Waals surface area contributed by atoms with Crippen LogP contribution in [0.25, 0.3) is 0 Å². The molecule has 1 aromatic carbocycles. The Hall–Kier alpha value is -0.670. The zero-order valence-corrected chi connectivity index (χ0v) is 15.6. The first-order chi connectivity index (χ1) is 10.5. The van der Waals surface area contributed by atoms with E-state index in [1.165, 1.54) is 28.6 Å². The highest BCUT2D eigenvalue weighted by atomic mass is 35.5. The van der Waals surface area contributed by atoms with Gasteiger partial charge in [-0.05, 0) is 36.1 Å². The summed E-state index contributed by atoms with van der Waals surface area (Å²) in [6, 6.07) is 5.54. The molecule has 0 aliphatic carbocycles. The summed E-state index contributed by atoms with van der Waals surface area (Å²) in [4.78, 5) is 0.157. The van der Waals surface area contributed by atoms with Crippen LogP contribution in [0.5, 0.6) is 0 Å². The molecule has 2 atom stereocenters. The van der Waals surface area contributed by atoms with Crippen LogP contribution >= 0.6 is 11.6 Å². The SMILES string of the molecule is CC(C)[C@@H]1CN(S(=O)(=O)c2ccc(Cl)cc2)C[C@H]1NS(C)(=O)=O. The first kappa shape index (κ1) is 18.7. The lowest BCUT2D eigenvalue weighted by Crippen LogP contribution is -2.41. The van der Waals surface area contributed by atoms with Gasteiger partial charge < -0.3 is 0 Å². The molecule has 0 amide bonds. The lowest BCUT2D eigenvalue weighted by atomic mass is 9.92. The summed E-state index contributed by atoms with van der Waals surface area (Å²) in [6.07, 6.45) is 1.08. The molecule has 1 aromatic rings. The molecule has 0 unspecified atom stereocenters. The highest BCUT2D eigenvalue weighted by Crippen LogP contribution is 2.29. The van der Waals surface area contributed by atoms with Gasteiger partial charge in [0, 0.05) is 24.2 Å². The Labute approximate surface area is 142 Å². The normalized spacial score (nSPS) is 23.5. The van der Waals surface area contributed by atoms with E-state index in [9.17, 15) is 16.8 Å². The van der Waals surface area contributed by atoms with E-state index in [-0.39, 0.29) is 29.8 Å². The molecule has 1 saturated heterocycles. The van der Waals surface area contributed by atoms with E-state index < -0.39 is 26.1 Å². The van der Waals surface area contributed by atoms with E-state index in [1.54, 1.807) is 0 Å². The molecule has 23 heavy (non-hydrogen) atoms. The average molecular weight is 381 g/mol. The van der Waals surface area contributed by atoms with Gasteiger partial charge in [0.2, 0.25) is 20.0 Å². The molecular weight excluding hydrogens is 360 g/mol. The van der Waals surface area contributed by atoms with Crippen LogP contribution in [0.3, 0.4) is 0 Å². The maximum Gasteiger partial charge on any atom is 0.243 e. The van der Waals surface area contributed by atoms with E-state index >= 15 is 0 Å². The van der Waals surface area contributed by atoms with Crippen LogP contribution in [0, 0.1) is 11.8 Å². The Morgan fingerprint density at radius 1 is 1.13 bits per heavy atom. The minimum Gasteiger partial charge on any atom is -0.213 e. The molecule has 2 rings (SSSR count). The zero-order chi connectivity index (χ0) is 17.4. The van der Waals surface area contributed by atoms with Crippen molar-refractivity contribution in [2.45, 2.75) is 24.8 Å². The molecule has 0 bridgehead atoms. The summed E-state index contributed by atoms with van der Waals surface area (Å²) >= 11 is 5.80. The van der Waals surface area contributed by atoms with Gasteiger partial charge in [-0.2, -0.15) is 4.31 Å². The molecule has 1 aliphatic rings. The van der Waals surface area contributed by atoms with Crippen molar-refractivity contribution in [3.05, 3.63) is 29.3 Å². The van der Waals surface area contributed by atoms with Crippen LogP contribution in [0.15, 0.2) is 29.2 Å². The van der Waals surface area contributed by atoms with Crippen molar-refractivity contribution in [3.8, 4) is 0 Å². The maximum absolute atomic E-state index is 12.7. The average Bonchev–Trinajstić information content (AvgIpc) is 2.81. The molecule has 1 fully saturated rings. The predicted octanol–water partition coefficient (Wildman–Crippen LogP) is 1.53. The van der Waals surface area contributed by atoms with Crippen LogP contribution in [0.2, 0.25) is 5.02 Å². The van der Waals surface area contributed by atoms with Gasteiger partial charge in [-0.15, -0.1) is 0 Å². The largest absolute Gasteiger partial charge is 0.243 e. The molecule has 9 heteroatoms. The first-order valence-electron chi connectivity index (χ1n) is 7.24. The Morgan fingerprint density at radius 3 is 2.17 bits per heavy atom. The fourth-order valence-electron chi connectivity index (χ4n) is 2.82. The lowest BCUT2D eigenvalue weighted by Gasteiger charge is -2.21. The Balaban J connectivity index is 2.28. The second kappa shape index (κ2) is 6.68. The molecule has 1 N–H and O–H groups in total. The van der Waals surface area contributed by atoms with Crippen molar-refractivity contribution < 1.29 is 16.8 Å². The molecule has 1 aliphatic heterocycles. The molecule has 0 radical (unpaired) electrons. The van der Waals surface area contributed by atoms with E-state index in [0.717, 1.165) is 6.26 Å². The van der Waals surface area contributed by atoms with Gasteiger partial charge in [-0.25, -0.2) is 21.6 Å². The highest BCUT2D eigenvalue weighted by molar-refractivity contribution is 7.89. The predicted molar refractivity (Wildman–Crippen MR) is 90.3 cm³/mol. The van der Waals surface area contributed by atoms with Crippen LogP contribution in [0.1, 0.15) is 13.8 Å². The molecule has 0 spiro atoms. The highest BCUT2D eigenvalue weighted by Gasteiger charge is 2.41. The van der Waals surface area contributed by atoms with Gasteiger partial charge in [-0.1, -0.05) is 25.4 Å². The first-order valence-corrected chi connectivity index (χ1v) is 10.9. The van der Waals surface area contributed by atoms with E-state index in [2.05, 4.69) is 4.72 Å². The molecule has 0 saturated carbocycles. The molecular formula is C14H21ClN2O4S2. The van der Waals surface area contributed by atoms with E-state index in [4.69, 9.17) is 11.6 Å². The third-order valence-electron chi connectivity index (χ3n) is 4.00. The van der Waals surface area contributed by atoms with Gasteiger partial charge in [0.05, 0.1) is 11.2 Å². The Morgan fingerprint density at radius 2 is 1.70 bits per heavy atom. The molecule has 130 valence electrons. The smallest absolute Gasteiger partial charge is 0.213 e. The summed E-state index contributed by atoms with van der Waals surface area (Å²) in [5.41, 5.74) is 0. The number of nitrogens with one attached hydrogen (secondary N) is 1. The number of hydrogen-bond acceptors (Lipinski definition) is 4. The van der Waals surface area contributed by atoms with Gasteiger partial charge in [0.25, 0.3) is 0 Å². The fraction of sp³-hybridized carbons (Fsp3) is 0.571. The van der Waals surface area contributed by atoms with Gasteiger partial charge in [0.1, 0.15) is 0 Å². The number of hydrogen-bond donors (Lipinski definition) is 1. The Bertz CT molecular complexity index is 760. The van der Waals surface area contributed by atoms with Crippen molar-refractivity contribution in [3.63, 3.8) is 0 Å². The summed E-state index contributed by atoms with van der Waals surface area (Å²) in [5, 5.41) is 0.460. The summed E-state index contributed by atoms with van der Waals surface area (Å²) in [7, 11) is -7.07. The Kier molecular flexibility index (Phi) is 5.42. The quantitative estimate of drug-likeness (QED) is 0.839. The summed E-state index contributed by atoms with van der Waals surface area (Å²) in [5.74, 6) is 0.0754. The molecule has 1 heterocycles. The van der Waals surface area contributed by atoms with Crippen LogP contribution in [0.4, 0.5) is 0 Å². The third-order valence-corrected chi connectivity index (χ3v) is 6.83. The minimum atomic E-state index is -3.67. The fourth-order valence-corrected chi connectivity index (χ4v) is 5.25. The van der Waals surface area contributed by atoms with Gasteiger partial charge in [0.15, 0.2) is 0 Å². The van der Waals surface area contributed by atoms with Crippen molar-refractivity contribution in [1.82, 2.24) is 9.03 Å². The standard InChI is InChI=1S/C14H21ClN2O4S2/c1-10(2)13-8-17(9-14(13)16-22(3,18)19)23(20,21)12-6-4-11(15)5-7-12/h4-7,10,13-14,16H,8-9H2,1-3H3/t13-,14+/m0/s1. The number of sulfonamides is 2. The zero-order valence-electron chi connectivity index (χ0n) is 13.2. The van der Waals surface area contributed by atoms with Gasteiger partial charge in [-0.3, -0.25) is 0 Å². The van der Waals surface area contributed by atoms with Crippen molar-refractivity contribution in [1.29, 1.82) is 0 Å². The second-order valence-electron chi connectivity index (χ2n) is 6.18. The van der Waals surface area contributed by atoms with E-state index in [1.807, 2.05) is 13.8 Å². The second-order valence-corrected chi connectivity index (χ2v) is 10.3. The molecule has 0 aromatic heterocycles. The van der Waals surface area contributed by atoms with Crippen molar-refractivity contribution in [2.24, 2.45) is 11.8 Å². The van der Waals surface area contributed by atoms with Crippen molar-refractivity contribution >= 4 is 31.6 Å². The maximum atomic E-state index is 12.7. The summed E-state index contributed by atoms with van der Waals surface area (Å²) < 4.78 is 52.4. The van der Waals surface area contributed by atoms with Crippen LogP contribution in [-0.2, 0) is 20.0 Å². The lowest BCUT2D eigenvalue weighted by molar-refractivity contribution is 0.356. The van der Waals surface area contributed by atoms with Gasteiger partial charge >= 0.3 is 0 Å². The monoisotopic (exact) mass is 380 g/mol. The summed E-state index contributed by atoms with van der Waals surface area (Å²) in [6.45, 7) is 4.33. The number of rotatable bonds is 5. The molecule has 6 nitrogen and oxygen atoms in total. The number of halogens is 1. The van der Waals surface area contributed by atoms with Crippen molar-refractivity contribution in [2.75, 3.05) is 19.3 Å². The minimum absolute atomic E-state index is 0.0770. The topological polar surface area (TPSA) is 83.6 Å².